The zero-order chi connectivity index (χ0) is 18.0. The van der Waals surface area contributed by atoms with Crippen molar-refractivity contribution >= 4 is 0 Å². The lowest BCUT2D eigenvalue weighted by molar-refractivity contribution is 0.333. The van der Waals surface area contributed by atoms with Crippen molar-refractivity contribution in [2.45, 2.75) is 25.8 Å². The molecule has 3 aromatic rings. The molecule has 0 saturated heterocycles. The zero-order valence-electron chi connectivity index (χ0n) is 15.6. The lowest BCUT2D eigenvalue weighted by Gasteiger charge is -2.21. The van der Waals surface area contributed by atoms with Gasteiger partial charge in [-0.2, -0.15) is 5.10 Å². The number of aryl methyl sites for hydroxylation is 1. The fourth-order valence-electron chi connectivity index (χ4n) is 5.76. The van der Waals surface area contributed by atoms with Gasteiger partial charge in [0.25, 0.3) is 0 Å². The minimum absolute atomic E-state index is 0.641. The quantitative estimate of drug-likeness (QED) is 0.643. The molecule has 0 unspecified atom stereocenters. The van der Waals surface area contributed by atoms with Crippen LogP contribution in [0.3, 0.4) is 0 Å². The molecule has 2 bridgehead atoms. The summed E-state index contributed by atoms with van der Waals surface area (Å²) < 4.78 is 4.26. The molecule has 0 amide bonds. The molecule has 3 aliphatic carbocycles. The maximum Gasteiger partial charge on any atom is 0.0964 e. The largest absolute Gasteiger partial charge is 0.330 e. The Kier molecular flexibility index (Phi) is 3.11. The molecule has 0 N–H and O–H groups in total. The molecule has 4 nitrogen and oxygen atoms in total. The molecule has 6 rings (SSSR count). The molecule has 3 atom stereocenters. The van der Waals surface area contributed by atoms with E-state index >= 15 is 0 Å². The third kappa shape index (κ3) is 2.22. The van der Waals surface area contributed by atoms with Crippen LogP contribution in [0.4, 0.5) is 0 Å². The molecule has 136 valence electrons. The molecule has 4 heteroatoms. The Labute approximate surface area is 159 Å². The van der Waals surface area contributed by atoms with Crippen LogP contribution >= 0.6 is 0 Å². The van der Waals surface area contributed by atoms with E-state index in [2.05, 4.69) is 58.3 Å². The zero-order valence-corrected chi connectivity index (χ0v) is 15.6. The summed E-state index contributed by atoms with van der Waals surface area (Å²) in [6, 6.07) is 10.5. The SMILES string of the molecule is Cn1cc(-c2c(-c3ccccc3)ncn2C[C@@H]2C[C@@H]3C=C[C@@H]2C32CC2)cn1. The highest BCUT2D eigenvalue weighted by atomic mass is 15.2. The van der Waals surface area contributed by atoms with E-state index in [1.165, 1.54) is 30.5 Å². The molecule has 27 heavy (non-hydrogen) atoms. The number of allylic oxidation sites excluding steroid dienone is 2. The molecule has 2 heterocycles. The van der Waals surface area contributed by atoms with Crippen LogP contribution in [0.2, 0.25) is 0 Å². The second-order valence-corrected chi connectivity index (χ2v) is 8.61. The normalized spacial score (nSPS) is 26.9. The first-order chi connectivity index (χ1) is 13.2. The van der Waals surface area contributed by atoms with Crippen molar-refractivity contribution in [1.82, 2.24) is 19.3 Å². The van der Waals surface area contributed by atoms with Crippen LogP contribution in [0.5, 0.6) is 0 Å². The van der Waals surface area contributed by atoms with E-state index in [0.717, 1.165) is 35.6 Å². The summed E-state index contributed by atoms with van der Waals surface area (Å²) in [5, 5.41) is 4.42. The second kappa shape index (κ2) is 5.44. The van der Waals surface area contributed by atoms with Crippen molar-refractivity contribution < 1.29 is 0 Å². The first kappa shape index (κ1) is 15.4. The molecule has 0 radical (unpaired) electrons. The number of rotatable bonds is 4. The third-order valence-corrected chi connectivity index (χ3v) is 7.14. The Morgan fingerprint density at radius 1 is 1.11 bits per heavy atom. The van der Waals surface area contributed by atoms with Gasteiger partial charge in [-0.15, -0.1) is 0 Å². The van der Waals surface area contributed by atoms with Crippen LogP contribution in [0.25, 0.3) is 22.5 Å². The topological polar surface area (TPSA) is 35.6 Å². The van der Waals surface area contributed by atoms with Gasteiger partial charge in [0, 0.05) is 30.9 Å². The number of benzene rings is 1. The van der Waals surface area contributed by atoms with Crippen LogP contribution < -0.4 is 0 Å². The summed E-state index contributed by atoms with van der Waals surface area (Å²) in [4.78, 5) is 4.84. The Balaban J connectivity index is 1.41. The van der Waals surface area contributed by atoms with Crippen molar-refractivity contribution in [2.24, 2.45) is 30.2 Å². The highest BCUT2D eigenvalue weighted by Crippen LogP contribution is 2.70. The van der Waals surface area contributed by atoms with Crippen LogP contribution in [0.1, 0.15) is 19.3 Å². The van der Waals surface area contributed by atoms with E-state index in [-0.39, 0.29) is 0 Å². The number of hydrogen-bond donors (Lipinski definition) is 0. The van der Waals surface area contributed by atoms with Gasteiger partial charge in [0.2, 0.25) is 0 Å². The standard InChI is InChI=1S/C23H24N4/c1-26-13-18(12-25-26)22-21(16-5-3-2-4-6-16)24-15-27(22)14-17-11-19-7-8-20(17)23(19)9-10-23/h2-8,12-13,15,17,19-20H,9-11,14H2,1H3/t17-,19-,20-/m0/s1. The first-order valence-electron chi connectivity index (χ1n) is 10.0. The Hall–Kier alpha value is -2.62. The van der Waals surface area contributed by atoms with E-state index in [4.69, 9.17) is 4.98 Å². The minimum atomic E-state index is 0.641. The Bertz CT molecular complexity index is 1020. The van der Waals surface area contributed by atoms with E-state index in [9.17, 15) is 0 Å². The smallest absolute Gasteiger partial charge is 0.0964 e. The molecular weight excluding hydrogens is 332 g/mol. The van der Waals surface area contributed by atoms with Crippen molar-refractivity contribution in [3.63, 3.8) is 0 Å². The molecule has 1 spiro atoms. The van der Waals surface area contributed by atoms with Gasteiger partial charge in [0.1, 0.15) is 0 Å². The van der Waals surface area contributed by atoms with E-state index in [1.807, 2.05) is 24.3 Å². The minimum Gasteiger partial charge on any atom is -0.330 e. The van der Waals surface area contributed by atoms with Gasteiger partial charge in [0.05, 0.1) is 23.9 Å². The summed E-state index contributed by atoms with van der Waals surface area (Å²) in [6.07, 6.45) is 15.3. The predicted molar refractivity (Wildman–Crippen MR) is 106 cm³/mol. The van der Waals surface area contributed by atoms with E-state index in [0.29, 0.717) is 5.41 Å². The average molecular weight is 356 g/mol. The molecule has 2 fully saturated rings. The molecule has 1 aromatic carbocycles. The van der Waals surface area contributed by atoms with Gasteiger partial charge in [-0.3, -0.25) is 4.68 Å². The summed E-state index contributed by atoms with van der Waals surface area (Å²) in [5.74, 6) is 2.33. The van der Waals surface area contributed by atoms with Gasteiger partial charge in [-0.05, 0) is 42.4 Å². The van der Waals surface area contributed by atoms with Crippen LogP contribution in [-0.2, 0) is 13.6 Å². The fraction of sp³-hybridized carbons (Fsp3) is 0.391. The third-order valence-electron chi connectivity index (χ3n) is 7.14. The highest BCUT2D eigenvalue weighted by molar-refractivity contribution is 5.78. The number of hydrogen-bond acceptors (Lipinski definition) is 2. The van der Waals surface area contributed by atoms with Crippen molar-refractivity contribution in [1.29, 1.82) is 0 Å². The average Bonchev–Trinajstić information content (AvgIpc) is 2.93. The van der Waals surface area contributed by atoms with Gasteiger partial charge in [-0.25, -0.2) is 4.98 Å². The van der Waals surface area contributed by atoms with E-state index in [1.54, 1.807) is 0 Å². The van der Waals surface area contributed by atoms with Crippen LogP contribution in [0, 0.1) is 23.2 Å². The fourth-order valence-corrected chi connectivity index (χ4v) is 5.76. The monoisotopic (exact) mass is 356 g/mol. The van der Waals surface area contributed by atoms with Gasteiger partial charge in [-0.1, -0.05) is 42.5 Å². The summed E-state index contributed by atoms with van der Waals surface area (Å²) in [6.45, 7) is 1.05. The van der Waals surface area contributed by atoms with Crippen molar-refractivity contribution in [3.05, 3.63) is 61.2 Å². The molecule has 0 aliphatic heterocycles. The number of nitrogens with zero attached hydrogens (tertiary/aromatic N) is 4. The highest BCUT2D eigenvalue weighted by Gasteiger charge is 2.62. The van der Waals surface area contributed by atoms with Crippen molar-refractivity contribution in [3.8, 4) is 22.5 Å². The van der Waals surface area contributed by atoms with Crippen LogP contribution in [-0.4, -0.2) is 19.3 Å². The van der Waals surface area contributed by atoms with Gasteiger partial charge < -0.3 is 4.57 Å². The lowest BCUT2D eigenvalue weighted by Crippen LogP contribution is -2.18. The van der Waals surface area contributed by atoms with Gasteiger partial charge in [0.15, 0.2) is 0 Å². The summed E-state index contributed by atoms with van der Waals surface area (Å²) in [7, 11) is 1.98. The summed E-state index contributed by atoms with van der Waals surface area (Å²) >= 11 is 0. The van der Waals surface area contributed by atoms with Crippen molar-refractivity contribution in [2.75, 3.05) is 0 Å². The number of imidazole rings is 1. The maximum absolute atomic E-state index is 4.84. The molecule has 2 saturated carbocycles. The maximum atomic E-state index is 4.84. The second-order valence-electron chi connectivity index (χ2n) is 8.61. The predicted octanol–water partition coefficient (Wildman–Crippen LogP) is 4.55. The first-order valence-corrected chi connectivity index (χ1v) is 10.0. The van der Waals surface area contributed by atoms with Crippen LogP contribution in [0.15, 0.2) is 61.2 Å². The Morgan fingerprint density at radius 2 is 1.96 bits per heavy atom. The van der Waals surface area contributed by atoms with Gasteiger partial charge >= 0.3 is 0 Å². The molecule has 3 aliphatic rings. The lowest BCUT2D eigenvalue weighted by atomic mass is 9.89. The van der Waals surface area contributed by atoms with E-state index < -0.39 is 0 Å². The Morgan fingerprint density at radius 3 is 2.67 bits per heavy atom. The summed E-state index contributed by atoms with van der Waals surface area (Å²) in [5.41, 5.74) is 5.21. The molecule has 2 aromatic heterocycles. The number of aromatic nitrogens is 4. The molecular formula is C23H24N4.